The molecule has 1 saturated heterocycles. The number of aromatic nitrogens is 2. The molecule has 3 aromatic rings. The highest BCUT2D eigenvalue weighted by atomic mass is 35.5. The molecule has 0 N–H and O–H groups in total. The van der Waals surface area contributed by atoms with Crippen LogP contribution >= 0.6 is 11.6 Å². The van der Waals surface area contributed by atoms with E-state index in [4.69, 9.17) is 26.1 Å². The minimum absolute atomic E-state index is 0.669. The maximum atomic E-state index is 5.99. The first-order valence-corrected chi connectivity index (χ1v) is 9.24. The van der Waals surface area contributed by atoms with E-state index >= 15 is 0 Å². The standard InChI is InChI=1S/C20H22ClN3O2/c1-23-19-7-6-17(26-13-10-24-8-11-25-12-9-24)14-18(19)22-20(23)15-2-4-16(21)5-3-15/h2-7,14H,8-13H2,1H3. The molecule has 1 aliphatic rings. The summed E-state index contributed by atoms with van der Waals surface area (Å²) in [4.78, 5) is 7.15. The van der Waals surface area contributed by atoms with Crippen molar-refractivity contribution in [3.05, 3.63) is 47.5 Å². The van der Waals surface area contributed by atoms with Crippen LogP contribution in [-0.4, -0.2) is 53.9 Å². The third kappa shape index (κ3) is 3.70. The Balaban J connectivity index is 1.49. The van der Waals surface area contributed by atoms with Gasteiger partial charge in [-0.2, -0.15) is 0 Å². The van der Waals surface area contributed by atoms with Gasteiger partial charge in [-0.15, -0.1) is 0 Å². The van der Waals surface area contributed by atoms with Gasteiger partial charge < -0.3 is 14.0 Å². The van der Waals surface area contributed by atoms with E-state index in [0.29, 0.717) is 6.61 Å². The van der Waals surface area contributed by atoms with Gasteiger partial charge in [0.2, 0.25) is 0 Å². The van der Waals surface area contributed by atoms with Crippen molar-refractivity contribution in [1.82, 2.24) is 14.5 Å². The van der Waals surface area contributed by atoms with Gasteiger partial charge in [-0.25, -0.2) is 4.98 Å². The van der Waals surface area contributed by atoms with Crippen LogP contribution in [0, 0.1) is 0 Å². The molecule has 136 valence electrons. The number of rotatable bonds is 5. The van der Waals surface area contributed by atoms with Gasteiger partial charge in [-0.1, -0.05) is 11.6 Å². The second-order valence-corrected chi connectivity index (χ2v) is 6.89. The second-order valence-electron chi connectivity index (χ2n) is 6.45. The molecule has 26 heavy (non-hydrogen) atoms. The Hall–Kier alpha value is -2.08. The zero-order valence-electron chi connectivity index (χ0n) is 14.8. The number of halogens is 1. The van der Waals surface area contributed by atoms with Crippen LogP contribution in [0.2, 0.25) is 5.02 Å². The van der Waals surface area contributed by atoms with Crippen LogP contribution in [0.5, 0.6) is 5.75 Å². The molecule has 4 rings (SSSR count). The molecular formula is C20H22ClN3O2. The van der Waals surface area contributed by atoms with Gasteiger partial charge in [0.1, 0.15) is 18.2 Å². The highest BCUT2D eigenvalue weighted by molar-refractivity contribution is 6.30. The van der Waals surface area contributed by atoms with E-state index in [2.05, 4.69) is 15.5 Å². The summed E-state index contributed by atoms with van der Waals surface area (Å²) < 4.78 is 13.4. The highest BCUT2D eigenvalue weighted by Crippen LogP contribution is 2.27. The summed E-state index contributed by atoms with van der Waals surface area (Å²) in [6, 6.07) is 13.8. The summed E-state index contributed by atoms with van der Waals surface area (Å²) >= 11 is 5.99. The Morgan fingerprint density at radius 1 is 1.12 bits per heavy atom. The molecule has 5 nitrogen and oxygen atoms in total. The molecule has 6 heteroatoms. The fraction of sp³-hybridized carbons (Fsp3) is 0.350. The van der Waals surface area contributed by atoms with E-state index in [1.54, 1.807) is 0 Å². The number of morpholine rings is 1. The first kappa shape index (κ1) is 17.3. The average molecular weight is 372 g/mol. The van der Waals surface area contributed by atoms with Gasteiger partial charge in [-0.05, 0) is 36.4 Å². The van der Waals surface area contributed by atoms with Crippen molar-refractivity contribution >= 4 is 22.6 Å². The lowest BCUT2D eigenvalue weighted by molar-refractivity contribution is 0.0322. The average Bonchev–Trinajstić information content (AvgIpc) is 2.99. The van der Waals surface area contributed by atoms with Crippen LogP contribution in [0.4, 0.5) is 0 Å². The van der Waals surface area contributed by atoms with Gasteiger partial charge in [0.05, 0.1) is 24.2 Å². The SMILES string of the molecule is Cn1c(-c2ccc(Cl)cc2)nc2cc(OCCN3CCOCC3)ccc21. The number of hydrogen-bond donors (Lipinski definition) is 0. The van der Waals surface area contributed by atoms with E-state index in [0.717, 1.165) is 66.0 Å². The van der Waals surface area contributed by atoms with Crippen LogP contribution < -0.4 is 4.74 Å². The van der Waals surface area contributed by atoms with Crippen LogP contribution in [-0.2, 0) is 11.8 Å². The molecule has 0 atom stereocenters. The summed E-state index contributed by atoms with van der Waals surface area (Å²) in [5.41, 5.74) is 3.06. The van der Waals surface area contributed by atoms with Crippen LogP contribution in [0.3, 0.4) is 0 Å². The van der Waals surface area contributed by atoms with Crippen molar-refractivity contribution in [2.45, 2.75) is 0 Å². The predicted octanol–water partition coefficient (Wildman–Crippen LogP) is 3.60. The monoisotopic (exact) mass is 371 g/mol. The minimum Gasteiger partial charge on any atom is -0.492 e. The number of hydrogen-bond acceptors (Lipinski definition) is 4. The van der Waals surface area contributed by atoms with E-state index in [9.17, 15) is 0 Å². The topological polar surface area (TPSA) is 39.5 Å². The molecule has 0 unspecified atom stereocenters. The van der Waals surface area contributed by atoms with Crippen LogP contribution in [0.1, 0.15) is 0 Å². The molecule has 0 aliphatic carbocycles. The first-order chi connectivity index (χ1) is 12.7. The van der Waals surface area contributed by atoms with Crippen molar-refractivity contribution in [3.8, 4) is 17.1 Å². The third-order valence-electron chi connectivity index (χ3n) is 4.73. The lowest BCUT2D eigenvalue weighted by atomic mass is 10.2. The Morgan fingerprint density at radius 3 is 2.65 bits per heavy atom. The number of ether oxygens (including phenoxy) is 2. The largest absolute Gasteiger partial charge is 0.492 e. The van der Waals surface area contributed by atoms with Crippen molar-refractivity contribution in [1.29, 1.82) is 0 Å². The van der Waals surface area contributed by atoms with Crippen molar-refractivity contribution in [2.24, 2.45) is 7.05 Å². The Kier molecular flexibility index (Phi) is 5.11. The van der Waals surface area contributed by atoms with Gasteiger partial charge in [0.25, 0.3) is 0 Å². The van der Waals surface area contributed by atoms with Crippen LogP contribution in [0.25, 0.3) is 22.4 Å². The number of aryl methyl sites for hydroxylation is 1. The predicted molar refractivity (Wildman–Crippen MR) is 104 cm³/mol. The molecule has 2 heterocycles. The molecule has 0 saturated carbocycles. The highest BCUT2D eigenvalue weighted by Gasteiger charge is 2.12. The Morgan fingerprint density at radius 2 is 1.88 bits per heavy atom. The molecule has 1 aliphatic heterocycles. The van der Waals surface area contributed by atoms with Gasteiger partial charge in [0, 0.05) is 43.3 Å². The molecule has 0 radical (unpaired) electrons. The Labute approximate surface area is 158 Å². The number of imidazole rings is 1. The molecular weight excluding hydrogens is 350 g/mol. The Bertz CT molecular complexity index is 886. The molecule has 0 spiro atoms. The van der Waals surface area contributed by atoms with Crippen molar-refractivity contribution in [2.75, 3.05) is 39.5 Å². The summed E-state index contributed by atoms with van der Waals surface area (Å²) in [6.45, 7) is 5.17. The smallest absolute Gasteiger partial charge is 0.140 e. The third-order valence-corrected chi connectivity index (χ3v) is 4.99. The van der Waals surface area contributed by atoms with E-state index in [-0.39, 0.29) is 0 Å². The normalized spacial score (nSPS) is 15.5. The number of fused-ring (bicyclic) bond motifs is 1. The summed E-state index contributed by atoms with van der Waals surface area (Å²) in [7, 11) is 2.03. The molecule has 2 aromatic carbocycles. The van der Waals surface area contributed by atoms with Crippen molar-refractivity contribution in [3.63, 3.8) is 0 Å². The van der Waals surface area contributed by atoms with Gasteiger partial charge in [-0.3, -0.25) is 4.90 Å². The quantitative estimate of drug-likeness (QED) is 0.687. The zero-order valence-corrected chi connectivity index (χ0v) is 15.6. The lowest BCUT2D eigenvalue weighted by Crippen LogP contribution is -2.38. The zero-order chi connectivity index (χ0) is 17.9. The van der Waals surface area contributed by atoms with E-state index in [1.165, 1.54) is 0 Å². The number of nitrogens with zero attached hydrogens (tertiary/aromatic N) is 3. The van der Waals surface area contributed by atoms with Gasteiger partial charge in [0.15, 0.2) is 0 Å². The van der Waals surface area contributed by atoms with Gasteiger partial charge >= 0.3 is 0 Å². The minimum atomic E-state index is 0.669. The summed E-state index contributed by atoms with van der Waals surface area (Å²) in [6.07, 6.45) is 0. The second kappa shape index (κ2) is 7.66. The van der Waals surface area contributed by atoms with E-state index in [1.807, 2.05) is 43.4 Å². The molecule has 0 amide bonds. The molecule has 1 aromatic heterocycles. The lowest BCUT2D eigenvalue weighted by Gasteiger charge is -2.26. The van der Waals surface area contributed by atoms with Crippen molar-refractivity contribution < 1.29 is 9.47 Å². The maximum Gasteiger partial charge on any atom is 0.140 e. The maximum absolute atomic E-state index is 5.99. The first-order valence-electron chi connectivity index (χ1n) is 8.86. The van der Waals surface area contributed by atoms with E-state index < -0.39 is 0 Å². The molecule has 1 fully saturated rings. The van der Waals surface area contributed by atoms with Crippen LogP contribution in [0.15, 0.2) is 42.5 Å². The molecule has 0 bridgehead atoms. The summed E-state index contributed by atoms with van der Waals surface area (Å²) in [5, 5.41) is 0.725. The fourth-order valence-corrected chi connectivity index (χ4v) is 3.37. The summed E-state index contributed by atoms with van der Waals surface area (Å²) in [5.74, 6) is 1.77. The fourth-order valence-electron chi connectivity index (χ4n) is 3.24. The number of benzene rings is 2.